The average molecular weight is 225 g/mol. The van der Waals surface area contributed by atoms with E-state index in [1.807, 2.05) is 0 Å². The molecular weight excluding hydrogens is 210 g/mol. The van der Waals surface area contributed by atoms with Gasteiger partial charge in [0.25, 0.3) is 5.91 Å². The molecule has 0 bridgehead atoms. The smallest absolute Gasteiger partial charge is 0.303 e. The minimum Gasteiger partial charge on any atom is -0.481 e. The molecule has 0 atom stereocenters. The van der Waals surface area contributed by atoms with E-state index in [0.717, 1.165) is 0 Å². The number of amides is 1. The van der Waals surface area contributed by atoms with Gasteiger partial charge >= 0.3 is 5.97 Å². The highest BCUT2D eigenvalue weighted by Crippen LogP contribution is 2.08. The summed E-state index contributed by atoms with van der Waals surface area (Å²) in [4.78, 5) is 21.8. The molecule has 1 aromatic heterocycles. The Kier molecular flexibility index (Phi) is 4.57. The van der Waals surface area contributed by atoms with Gasteiger partial charge in [0.1, 0.15) is 5.76 Å². The first-order valence-electron chi connectivity index (χ1n) is 5.15. The van der Waals surface area contributed by atoms with Gasteiger partial charge in [-0.2, -0.15) is 0 Å². The fraction of sp³-hybridized carbons (Fsp3) is 0.455. The Hall–Kier alpha value is -1.78. The number of carboxylic acid groups (broad SMARTS) is 1. The summed E-state index contributed by atoms with van der Waals surface area (Å²) in [6, 6.07) is 1.61. The molecule has 1 aromatic rings. The zero-order valence-corrected chi connectivity index (χ0v) is 9.16. The number of carbonyl (C=O) groups is 2. The van der Waals surface area contributed by atoms with Crippen LogP contribution in [0.3, 0.4) is 0 Å². The van der Waals surface area contributed by atoms with Crippen molar-refractivity contribution in [2.45, 2.75) is 26.2 Å². The normalized spacial score (nSPS) is 10.1. The molecule has 1 heterocycles. The van der Waals surface area contributed by atoms with Crippen molar-refractivity contribution < 1.29 is 19.1 Å². The molecule has 2 N–H and O–H groups in total. The predicted octanol–water partition coefficient (Wildman–Crippen LogP) is 1.57. The first kappa shape index (κ1) is 12.3. The summed E-state index contributed by atoms with van der Waals surface area (Å²) in [6.07, 6.45) is 2.84. The second kappa shape index (κ2) is 5.95. The molecule has 0 radical (unpaired) electrons. The number of rotatable bonds is 6. The molecule has 0 saturated carbocycles. The molecule has 0 aliphatic carbocycles. The van der Waals surface area contributed by atoms with Crippen LogP contribution in [0.5, 0.6) is 0 Å². The molecule has 1 amide bonds. The quantitative estimate of drug-likeness (QED) is 0.720. The van der Waals surface area contributed by atoms with E-state index in [9.17, 15) is 9.59 Å². The third kappa shape index (κ3) is 3.76. The lowest BCUT2D eigenvalue weighted by atomic mass is 10.2. The van der Waals surface area contributed by atoms with Crippen LogP contribution in [-0.2, 0) is 4.79 Å². The second-order valence-electron chi connectivity index (χ2n) is 3.50. The first-order valence-corrected chi connectivity index (χ1v) is 5.15. The molecule has 5 nitrogen and oxygen atoms in total. The summed E-state index contributed by atoms with van der Waals surface area (Å²) in [5, 5.41) is 11.1. The topological polar surface area (TPSA) is 79.5 Å². The maximum atomic E-state index is 11.5. The summed E-state index contributed by atoms with van der Waals surface area (Å²) < 4.78 is 5.01. The van der Waals surface area contributed by atoms with Gasteiger partial charge in [0.05, 0.1) is 11.8 Å². The van der Waals surface area contributed by atoms with Crippen molar-refractivity contribution >= 4 is 11.9 Å². The van der Waals surface area contributed by atoms with Crippen LogP contribution < -0.4 is 5.32 Å². The molecule has 0 aromatic carbocycles. The Labute approximate surface area is 93.4 Å². The highest BCUT2D eigenvalue weighted by molar-refractivity contribution is 5.94. The Balaban J connectivity index is 2.21. The van der Waals surface area contributed by atoms with Gasteiger partial charge in [-0.15, -0.1) is 0 Å². The van der Waals surface area contributed by atoms with Gasteiger partial charge < -0.3 is 14.8 Å². The molecular formula is C11H15NO4. The minimum absolute atomic E-state index is 0.139. The van der Waals surface area contributed by atoms with E-state index >= 15 is 0 Å². The predicted molar refractivity (Wildman–Crippen MR) is 57.3 cm³/mol. The van der Waals surface area contributed by atoms with Crippen LogP contribution in [0.15, 0.2) is 16.7 Å². The monoisotopic (exact) mass is 225 g/mol. The van der Waals surface area contributed by atoms with Crippen LogP contribution in [-0.4, -0.2) is 23.5 Å². The van der Waals surface area contributed by atoms with E-state index in [4.69, 9.17) is 9.52 Å². The number of hydrogen-bond donors (Lipinski definition) is 2. The van der Waals surface area contributed by atoms with Crippen LogP contribution in [0.4, 0.5) is 0 Å². The van der Waals surface area contributed by atoms with Gasteiger partial charge in [0, 0.05) is 13.0 Å². The lowest BCUT2D eigenvalue weighted by Gasteiger charge is -2.03. The molecule has 0 saturated heterocycles. The fourth-order valence-corrected chi connectivity index (χ4v) is 1.32. The third-order valence-corrected chi connectivity index (χ3v) is 2.21. The number of furan rings is 1. The van der Waals surface area contributed by atoms with Crippen molar-refractivity contribution in [3.63, 3.8) is 0 Å². The maximum absolute atomic E-state index is 11.5. The van der Waals surface area contributed by atoms with E-state index < -0.39 is 5.97 Å². The van der Waals surface area contributed by atoms with Gasteiger partial charge in [0.2, 0.25) is 0 Å². The summed E-state index contributed by atoms with van der Waals surface area (Å²) in [7, 11) is 0. The summed E-state index contributed by atoms with van der Waals surface area (Å²) in [6.45, 7) is 2.20. The molecule has 0 fully saturated rings. The Morgan fingerprint density at radius 3 is 2.75 bits per heavy atom. The molecule has 16 heavy (non-hydrogen) atoms. The van der Waals surface area contributed by atoms with E-state index in [1.165, 1.54) is 6.26 Å². The highest BCUT2D eigenvalue weighted by atomic mass is 16.4. The number of unbranched alkanes of at least 4 members (excludes halogenated alkanes) is 1. The third-order valence-electron chi connectivity index (χ3n) is 2.21. The summed E-state index contributed by atoms with van der Waals surface area (Å²) in [5.41, 5.74) is 0.526. The Bertz CT molecular complexity index is 370. The van der Waals surface area contributed by atoms with Gasteiger partial charge in [-0.25, -0.2) is 0 Å². The lowest BCUT2D eigenvalue weighted by molar-refractivity contribution is -0.137. The molecule has 0 aliphatic heterocycles. The molecule has 0 unspecified atom stereocenters. The molecule has 1 rings (SSSR count). The Morgan fingerprint density at radius 2 is 2.19 bits per heavy atom. The Morgan fingerprint density at radius 1 is 1.44 bits per heavy atom. The first-order chi connectivity index (χ1) is 7.61. The van der Waals surface area contributed by atoms with Crippen molar-refractivity contribution in [2.75, 3.05) is 6.54 Å². The fourth-order valence-electron chi connectivity index (χ4n) is 1.32. The van der Waals surface area contributed by atoms with Gasteiger partial charge in [-0.1, -0.05) is 0 Å². The van der Waals surface area contributed by atoms with E-state index in [2.05, 4.69) is 5.32 Å². The summed E-state index contributed by atoms with van der Waals surface area (Å²) >= 11 is 0. The molecule has 0 spiro atoms. The van der Waals surface area contributed by atoms with Crippen LogP contribution in [0.25, 0.3) is 0 Å². The van der Waals surface area contributed by atoms with Crippen LogP contribution in [0.2, 0.25) is 0 Å². The largest absolute Gasteiger partial charge is 0.481 e. The van der Waals surface area contributed by atoms with E-state index in [0.29, 0.717) is 30.7 Å². The van der Waals surface area contributed by atoms with E-state index in [1.54, 1.807) is 13.0 Å². The minimum atomic E-state index is -0.808. The number of aliphatic carboxylic acids is 1. The van der Waals surface area contributed by atoms with Crippen LogP contribution in [0.1, 0.15) is 35.4 Å². The average Bonchev–Trinajstić information content (AvgIpc) is 2.63. The standard InChI is InChI=1S/C11H15NO4/c1-8-9(5-7-16-8)11(15)12-6-3-2-4-10(13)14/h5,7H,2-4,6H2,1H3,(H,12,15)(H,13,14). The molecule has 0 aliphatic rings. The number of nitrogens with one attached hydrogen (secondary N) is 1. The van der Waals surface area contributed by atoms with Gasteiger partial charge in [-0.05, 0) is 25.8 Å². The van der Waals surface area contributed by atoms with Gasteiger partial charge in [-0.3, -0.25) is 9.59 Å². The number of hydrogen-bond acceptors (Lipinski definition) is 3. The molecule has 88 valence electrons. The maximum Gasteiger partial charge on any atom is 0.303 e. The van der Waals surface area contributed by atoms with Crippen LogP contribution >= 0.6 is 0 Å². The molecule has 5 heteroatoms. The zero-order valence-electron chi connectivity index (χ0n) is 9.16. The van der Waals surface area contributed by atoms with E-state index in [-0.39, 0.29) is 12.3 Å². The van der Waals surface area contributed by atoms with Crippen molar-refractivity contribution in [3.8, 4) is 0 Å². The SMILES string of the molecule is Cc1occc1C(=O)NCCCCC(=O)O. The lowest BCUT2D eigenvalue weighted by Crippen LogP contribution is -2.24. The van der Waals surface area contributed by atoms with Crippen molar-refractivity contribution in [3.05, 3.63) is 23.7 Å². The van der Waals surface area contributed by atoms with Crippen LogP contribution in [0, 0.1) is 6.92 Å². The summed E-state index contributed by atoms with van der Waals surface area (Å²) in [5.74, 6) is -0.401. The van der Waals surface area contributed by atoms with Gasteiger partial charge in [0.15, 0.2) is 0 Å². The highest BCUT2D eigenvalue weighted by Gasteiger charge is 2.10. The van der Waals surface area contributed by atoms with Crippen molar-refractivity contribution in [2.24, 2.45) is 0 Å². The number of aryl methyl sites for hydroxylation is 1. The van der Waals surface area contributed by atoms with Crippen molar-refractivity contribution in [1.29, 1.82) is 0 Å². The zero-order chi connectivity index (χ0) is 12.0. The van der Waals surface area contributed by atoms with Crippen molar-refractivity contribution in [1.82, 2.24) is 5.32 Å². The second-order valence-corrected chi connectivity index (χ2v) is 3.50. The number of carbonyl (C=O) groups excluding carboxylic acids is 1. The number of carboxylic acids is 1.